The number of halogens is 3. The van der Waals surface area contributed by atoms with Gasteiger partial charge in [0.2, 0.25) is 0 Å². The van der Waals surface area contributed by atoms with Crippen LogP contribution in [0.2, 0.25) is 0 Å². The zero-order valence-electron chi connectivity index (χ0n) is 16.8. The SMILES string of the molecule is CCC(CNC(=O)Nc1ccc(N2CCOCC2)cc1C(F)(F)F)c1ccccc1. The maximum absolute atomic E-state index is 13.6. The molecule has 3 rings (SSSR count). The standard InChI is InChI=1S/C22H26F3N3O2/c1-2-16(17-6-4-3-5-7-17)15-26-21(29)27-20-9-8-18(14-19(20)22(23,24)25)28-10-12-30-13-11-28/h3-9,14,16H,2,10-13,15H2,1H3,(H2,26,27,29). The van der Waals surface area contributed by atoms with Crippen LogP contribution in [0.1, 0.15) is 30.4 Å². The van der Waals surface area contributed by atoms with E-state index < -0.39 is 17.8 Å². The number of rotatable bonds is 6. The van der Waals surface area contributed by atoms with Gasteiger partial charge in [-0.1, -0.05) is 37.3 Å². The van der Waals surface area contributed by atoms with Crippen LogP contribution in [0.4, 0.5) is 29.3 Å². The molecule has 0 aromatic heterocycles. The number of ether oxygens (including phenoxy) is 1. The van der Waals surface area contributed by atoms with E-state index in [4.69, 9.17) is 4.74 Å². The molecule has 162 valence electrons. The van der Waals surface area contributed by atoms with Gasteiger partial charge in [-0.2, -0.15) is 13.2 Å². The molecule has 8 heteroatoms. The molecule has 1 saturated heterocycles. The number of nitrogens with one attached hydrogen (secondary N) is 2. The minimum atomic E-state index is -4.58. The van der Waals surface area contributed by atoms with E-state index in [9.17, 15) is 18.0 Å². The molecule has 1 aliphatic rings. The van der Waals surface area contributed by atoms with Gasteiger partial charge in [0.25, 0.3) is 0 Å². The van der Waals surface area contributed by atoms with E-state index in [1.165, 1.54) is 6.07 Å². The van der Waals surface area contributed by atoms with Crippen LogP contribution < -0.4 is 15.5 Å². The Bertz CT molecular complexity index is 837. The summed E-state index contributed by atoms with van der Waals surface area (Å²) >= 11 is 0. The zero-order valence-corrected chi connectivity index (χ0v) is 16.8. The first kappa shape index (κ1) is 22.0. The van der Waals surface area contributed by atoms with Gasteiger partial charge >= 0.3 is 12.2 Å². The second-order valence-electron chi connectivity index (χ2n) is 7.18. The maximum Gasteiger partial charge on any atom is 0.418 e. The first-order valence-electron chi connectivity index (χ1n) is 10.0. The number of alkyl halides is 3. The number of benzene rings is 2. The van der Waals surface area contributed by atoms with E-state index in [1.807, 2.05) is 42.2 Å². The number of carbonyl (C=O) groups excluding carboxylic acids is 1. The molecule has 2 aromatic rings. The highest BCUT2D eigenvalue weighted by atomic mass is 19.4. The number of amides is 2. The Labute approximate surface area is 174 Å². The third kappa shape index (κ3) is 5.66. The fraction of sp³-hybridized carbons (Fsp3) is 0.409. The average Bonchev–Trinajstić information content (AvgIpc) is 2.75. The smallest absolute Gasteiger partial charge is 0.378 e. The van der Waals surface area contributed by atoms with Crippen LogP contribution in [0.3, 0.4) is 0 Å². The number of anilines is 2. The summed E-state index contributed by atoms with van der Waals surface area (Å²) in [5.41, 5.74) is 0.416. The predicted molar refractivity (Wildman–Crippen MR) is 111 cm³/mol. The molecule has 1 heterocycles. The Balaban J connectivity index is 1.69. The summed E-state index contributed by atoms with van der Waals surface area (Å²) in [4.78, 5) is 14.2. The van der Waals surface area contributed by atoms with Crippen LogP contribution in [-0.4, -0.2) is 38.9 Å². The van der Waals surface area contributed by atoms with Crippen LogP contribution in [0.15, 0.2) is 48.5 Å². The summed E-state index contributed by atoms with van der Waals surface area (Å²) in [6.07, 6.45) is -3.78. The average molecular weight is 421 g/mol. The molecule has 0 aliphatic carbocycles. The van der Waals surface area contributed by atoms with Gasteiger partial charge in [-0.25, -0.2) is 4.79 Å². The van der Waals surface area contributed by atoms with Crippen LogP contribution >= 0.6 is 0 Å². The van der Waals surface area contributed by atoms with Crippen molar-refractivity contribution in [3.8, 4) is 0 Å². The highest BCUT2D eigenvalue weighted by molar-refractivity contribution is 5.90. The van der Waals surface area contributed by atoms with Crippen molar-refractivity contribution in [1.29, 1.82) is 0 Å². The number of urea groups is 1. The van der Waals surface area contributed by atoms with Gasteiger partial charge in [0.1, 0.15) is 0 Å². The van der Waals surface area contributed by atoms with Gasteiger partial charge in [-0.05, 0) is 30.2 Å². The lowest BCUT2D eigenvalue weighted by Crippen LogP contribution is -2.36. The Kier molecular flexibility index (Phi) is 7.20. The summed E-state index contributed by atoms with van der Waals surface area (Å²) in [7, 11) is 0. The number of carbonyl (C=O) groups is 1. The summed E-state index contributed by atoms with van der Waals surface area (Å²) < 4.78 is 46.1. The molecule has 0 bridgehead atoms. The van der Waals surface area contributed by atoms with Crippen molar-refractivity contribution in [2.45, 2.75) is 25.4 Å². The lowest BCUT2D eigenvalue weighted by atomic mass is 9.97. The second kappa shape index (κ2) is 9.84. The van der Waals surface area contributed by atoms with Crippen molar-refractivity contribution >= 4 is 17.4 Å². The molecule has 1 unspecified atom stereocenters. The van der Waals surface area contributed by atoms with Crippen molar-refractivity contribution < 1.29 is 22.7 Å². The van der Waals surface area contributed by atoms with Gasteiger partial charge < -0.3 is 20.3 Å². The van der Waals surface area contributed by atoms with E-state index >= 15 is 0 Å². The molecule has 1 aliphatic heterocycles. The van der Waals surface area contributed by atoms with Crippen LogP contribution in [-0.2, 0) is 10.9 Å². The molecule has 0 saturated carbocycles. The van der Waals surface area contributed by atoms with E-state index in [0.29, 0.717) is 38.5 Å². The highest BCUT2D eigenvalue weighted by Gasteiger charge is 2.35. The minimum Gasteiger partial charge on any atom is -0.378 e. The van der Waals surface area contributed by atoms with Crippen LogP contribution in [0.5, 0.6) is 0 Å². The lowest BCUT2D eigenvalue weighted by Gasteiger charge is -2.29. The van der Waals surface area contributed by atoms with Crippen molar-refractivity contribution in [3.63, 3.8) is 0 Å². The fourth-order valence-electron chi connectivity index (χ4n) is 3.50. The molecule has 0 spiro atoms. The first-order valence-corrected chi connectivity index (χ1v) is 10.0. The van der Waals surface area contributed by atoms with E-state index in [2.05, 4.69) is 10.6 Å². The number of morpholine rings is 1. The Morgan fingerprint density at radius 3 is 2.47 bits per heavy atom. The summed E-state index contributed by atoms with van der Waals surface area (Å²) in [6.45, 7) is 4.35. The number of hydrogen-bond donors (Lipinski definition) is 2. The quantitative estimate of drug-likeness (QED) is 0.701. The lowest BCUT2D eigenvalue weighted by molar-refractivity contribution is -0.136. The molecule has 1 atom stereocenters. The van der Waals surface area contributed by atoms with Crippen LogP contribution in [0, 0.1) is 0 Å². The minimum absolute atomic E-state index is 0.0859. The highest BCUT2D eigenvalue weighted by Crippen LogP contribution is 2.37. The van der Waals surface area contributed by atoms with Crippen LogP contribution in [0.25, 0.3) is 0 Å². The van der Waals surface area contributed by atoms with Gasteiger partial charge in [-0.3, -0.25) is 0 Å². The van der Waals surface area contributed by atoms with Gasteiger partial charge in [0.15, 0.2) is 0 Å². The normalized spacial score (nSPS) is 15.5. The molecular formula is C22H26F3N3O2. The predicted octanol–water partition coefficient (Wildman–Crippen LogP) is 4.86. The molecule has 2 aromatic carbocycles. The van der Waals surface area contributed by atoms with Gasteiger partial charge in [0.05, 0.1) is 24.5 Å². The maximum atomic E-state index is 13.6. The Morgan fingerprint density at radius 1 is 1.13 bits per heavy atom. The summed E-state index contributed by atoms with van der Waals surface area (Å²) in [6, 6.07) is 13.0. The summed E-state index contributed by atoms with van der Waals surface area (Å²) in [5, 5.41) is 5.06. The topological polar surface area (TPSA) is 53.6 Å². The monoisotopic (exact) mass is 421 g/mol. The first-order chi connectivity index (χ1) is 14.4. The molecule has 2 N–H and O–H groups in total. The number of nitrogens with zero attached hydrogens (tertiary/aromatic N) is 1. The molecule has 30 heavy (non-hydrogen) atoms. The molecule has 2 amide bonds. The van der Waals surface area contributed by atoms with E-state index in [0.717, 1.165) is 18.1 Å². The van der Waals surface area contributed by atoms with E-state index in [1.54, 1.807) is 6.07 Å². The second-order valence-corrected chi connectivity index (χ2v) is 7.18. The zero-order chi connectivity index (χ0) is 21.6. The van der Waals surface area contributed by atoms with Crippen molar-refractivity contribution in [2.24, 2.45) is 0 Å². The van der Waals surface area contributed by atoms with Crippen molar-refractivity contribution in [2.75, 3.05) is 43.1 Å². The molecule has 5 nitrogen and oxygen atoms in total. The van der Waals surface area contributed by atoms with Gasteiger partial charge in [-0.15, -0.1) is 0 Å². The van der Waals surface area contributed by atoms with Gasteiger partial charge in [0, 0.05) is 31.2 Å². The third-order valence-electron chi connectivity index (χ3n) is 5.21. The fourth-order valence-corrected chi connectivity index (χ4v) is 3.50. The molecule has 0 radical (unpaired) electrons. The molecular weight excluding hydrogens is 395 g/mol. The summed E-state index contributed by atoms with van der Waals surface area (Å²) in [5.74, 6) is 0.0859. The number of hydrogen-bond acceptors (Lipinski definition) is 3. The van der Waals surface area contributed by atoms with Crippen molar-refractivity contribution in [1.82, 2.24) is 5.32 Å². The van der Waals surface area contributed by atoms with E-state index in [-0.39, 0.29) is 11.6 Å². The third-order valence-corrected chi connectivity index (χ3v) is 5.21. The largest absolute Gasteiger partial charge is 0.418 e. The Morgan fingerprint density at radius 2 is 1.83 bits per heavy atom. The van der Waals surface area contributed by atoms with Crippen molar-refractivity contribution in [3.05, 3.63) is 59.7 Å². The Hall–Kier alpha value is -2.74. The molecule has 1 fully saturated rings.